The second-order valence-electron chi connectivity index (χ2n) is 2.97. The number of pyridine rings is 1. The monoisotopic (exact) mass is 249 g/mol. The Kier molecular flexibility index (Phi) is 3.85. The predicted octanol–water partition coefficient (Wildman–Crippen LogP) is 1.64. The molecule has 0 spiro atoms. The fourth-order valence-electron chi connectivity index (χ4n) is 1.10. The van der Waals surface area contributed by atoms with E-state index in [2.05, 4.69) is 9.72 Å². The summed E-state index contributed by atoms with van der Waals surface area (Å²) in [6.45, 7) is -0.368. The van der Waals surface area contributed by atoms with Crippen LogP contribution in [0.5, 0.6) is 5.88 Å². The van der Waals surface area contributed by atoms with Crippen molar-refractivity contribution in [2.45, 2.75) is 19.3 Å². The lowest BCUT2D eigenvalue weighted by Gasteiger charge is -2.12. The zero-order valence-corrected chi connectivity index (χ0v) is 8.38. The summed E-state index contributed by atoms with van der Waals surface area (Å²) < 4.78 is 52.9. The average molecular weight is 249 g/mol. The van der Waals surface area contributed by atoms with E-state index in [4.69, 9.17) is 11.0 Å². The number of rotatable bonds is 3. The van der Waals surface area contributed by atoms with Crippen molar-refractivity contribution in [2.24, 2.45) is 5.73 Å². The number of nitriles is 1. The minimum absolute atomic E-state index is 0.278. The van der Waals surface area contributed by atoms with Crippen LogP contribution in [0.25, 0.3) is 0 Å². The average Bonchev–Trinajstić information content (AvgIpc) is 2.20. The maximum atomic E-state index is 13.2. The number of nitrogens with two attached hydrogens (primary N) is 1. The van der Waals surface area contributed by atoms with Crippen molar-refractivity contribution >= 4 is 0 Å². The Bertz CT molecular complexity index is 453. The molecule has 1 heterocycles. The van der Waals surface area contributed by atoms with Gasteiger partial charge in [-0.1, -0.05) is 0 Å². The lowest BCUT2D eigenvalue weighted by atomic mass is 10.2. The van der Waals surface area contributed by atoms with Gasteiger partial charge in [0.25, 0.3) is 0 Å². The molecule has 1 aromatic heterocycles. The van der Waals surface area contributed by atoms with Crippen LogP contribution in [0.15, 0.2) is 6.07 Å². The molecule has 0 bridgehead atoms. The van der Waals surface area contributed by atoms with Gasteiger partial charge in [0.1, 0.15) is 5.82 Å². The van der Waals surface area contributed by atoms with Crippen molar-refractivity contribution in [2.75, 3.05) is 0 Å². The van der Waals surface area contributed by atoms with Gasteiger partial charge in [-0.25, -0.2) is 9.37 Å². The molecule has 0 saturated carbocycles. The van der Waals surface area contributed by atoms with E-state index < -0.39 is 24.5 Å². The lowest BCUT2D eigenvalue weighted by molar-refractivity contribution is -0.276. The zero-order chi connectivity index (χ0) is 13.1. The molecule has 92 valence electrons. The molecule has 0 aliphatic heterocycles. The van der Waals surface area contributed by atoms with Crippen LogP contribution in [0.4, 0.5) is 17.6 Å². The second-order valence-corrected chi connectivity index (χ2v) is 2.97. The standard InChI is InChI=1S/C9H7F4N3O/c10-6-3-5(1-2-14)8(16-7(6)4-15)17-9(11,12)13/h3H,1,4,15H2. The molecule has 0 atom stereocenters. The Morgan fingerprint density at radius 3 is 2.59 bits per heavy atom. The van der Waals surface area contributed by atoms with Crippen LogP contribution < -0.4 is 10.5 Å². The Labute approximate surface area is 93.6 Å². The minimum Gasteiger partial charge on any atom is -0.388 e. The van der Waals surface area contributed by atoms with Gasteiger partial charge in [0.05, 0.1) is 18.2 Å². The highest BCUT2D eigenvalue weighted by atomic mass is 19.4. The molecule has 1 rings (SSSR count). The number of aromatic nitrogens is 1. The molecule has 0 radical (unpaired) electrons. The predicted molar refractivity (Wildman–Crippen MR) is 48.1 cm³/mol. The molecule has 1 aromatic rings. The Balaban J connectivity index is 3.20. The summed E-state index contributed by atoms with van der Waals surface area (Å²) in [6, 6.07) is 2.35. The van der Waals surface area contributed by atoms with Crippen molar-refractivity contribution in [3.8, 4) is 11.9 Å². The van der Waals surface area contributed by atoms with E-state index in [-0.39, 0.29) is 17.8 Å². The summed E-state index contributed by atoms with van der Waals surface area (Å²) in [7, 11) is 0. The Morgan fingerprint density at radius 1 is 1.47 bits per heavy atom. The van der Waals surface area contributed by atoms with E-state index in [0.29, 0.717) is 0 Å². The van der Waals surface area contributed by atoms with Gasteiger partial charge in [-0.15, -0.1) is 13.2 Å². The van der Waals surface area contributed by atoms with E-state index in [1.165, 1.54) is 0 Å². The van der Waals surface area contributed by atoms with E-state index in [0.717, 1.165) is 6.07 Å². The summed E-state index contributed by atoms with van der Waals surface area (Å²) in [6.07, 6.45) is -5.40. The third-order valence-electron chi connectivity index (χ3n) is 1.76. The van der Waals surface area contributed by atoms with Crippen molar-refractivity contribution in [3.63, 3.8) is 0 Å². The molecule has 0 fully saturated rings. The number of hydrogen-bond acceptors (Lipinski definition) is 4. The molecular formula is C9H7F4N3O. The maximum Gasteiger partial charge on any atom is 0.574 e. The van der Waals surface area contributed by atoms with Gasteiger partial charge in [-0.05, 0) is 6.07 Å². The smallest absolute Gasteiger partial charge is 0.388 e. The van der Waals surface area contributed by atoms with Crippen LogP contribution in [0.3, 0.4) is 0 Å². The molecule has 2 N–H and O–H groups in total. The van der Waals surface area contributed by atoms with E-state index in [1.54, 1.807) is 6.07 Å². The van der Waals surface area contributed by atoms with Gasteiger partial charge in [0, 0.05) is 12.1 Å². The first-order chi connectivity index (χ1) is 7.87. The maximum absolute atomic E-state index is 13.2. The molecular weight excluding hydrogens is 242 g/mol. The van der Waals surface area contributed by atoms with Crippen LogP contribution in [-0.4, -0.2) is 11.3 Å². The van der Waals surface area contributed by atoms with Crippen LogP contribution in [0, 0.1) is 17.1 Å². The van der Waals surface area contributed by atoms with Crippen LogP contribution >= 0.6 is 0 Å². The zero-order valence-electron chi connectivity index (χ0n) is 8.38. The van der Waals surface area contributed by atoms with Gasteiger partial charge in [-0.3, -0.25) is 0 Å². The highest BCUT2D eigenvalue weighted by molar-refractivity contribution is 5.31. The van der Waals surface area contributed by atoms with Gasteiger partial charge in [0.15, 0.2) is 0 Å². The molecule has 0 aromatic carbocycles. The molecule has 0 aliphatic rings. The quantitative estimate of drug-likeness (QED) is 0.826. The summed E-state index contributed by atoms with van der Waals surface area (Å²) in [5.74, 6) is -1.71. The Hall–Kier alpha value is -1.88. The van der Waals surface area contributed by atoms with Crippen molar-refractivity contribution in [3.05, 3.63) is 23.1 Å². The summed E-state index contributed by atoms with van der Waals surface area (Å²) in [4.78, 5) is 3.30. The van der Waals surface area contributed by atoms with Crippen LogP contribution in [0.2, 0.25) is 0 Å². The number of alkyl halides is 3. The third-order valence-corrected chi connectivity index (χ3v) is 1.76. The van der Waals surface area contributed by atoms with E-state index in [1.807, 2.05) is 0 Å². The first-order valence-electron chi connectivity index (χ1n) is 4.38. The Morgan fingerprint density at radius 2 is 2.12 bits per heavy atom. The van der Waals surface area contributed by atoms with E-state index in [9.17, 15) is 17.6 Å². The van der Waals surface area contributed by atoms with Crippen LogP contribution in [0.1, 0.15) is 11.3 Å². The first kappa shape index (κ1) is 13.2. The van der Waals surface area contributed by atoms with Crippen molar-refractivity contribution in [1.82, 2.24) is 4.98 Å². The first-order valence-corrected chi connectivity index (χ1v) is 4.38. The molecule has 0 saturated heterocycles. The minimum atomic E-state index is -4.96. The van der Waals surface area contributed by atoms with Crippen LogP contribution in [-0.2, 0) is 13.0 Å². The molecule has 0 amide bonds. The summed E-state index contributed by atoms with van der Waals surface area (Å²) >= 11 is 0. The summed E-state index contributed by atoms with van der Waals surface area (Å²) in [5.41, 5.74) is 4.47. The summed E-state index contributed by atoms with van der Waals surface area (Å²) in [5, 5.41) is 8.40. The van der Waals surface area contributed by atoms with E-state index >= 15 is 0 Å². The van der Waals surface area contributed by atoms with Crippen molar-refractivity contribution in [1.29, 1.82) is 5.26 Å². The fourth-order valence-corrected chi connectivity index (χ4v) is 1.10. The topological polar surface area (TPSA) is 71.9 Å². The van der Waals surface area contributed by atoms with Gasteiger partial charge in [-0.2, -0.15) is 5.26 Å². The fraction of sp³-hybridized carbons (Fsp3) is 0.333. The molecule has 0 unspecified atom stereocenters. The third kappa shape index (κ3) is 3.57. The molecule has 0 aliphatic carbocycles. The number of halogens is 4. The normalized spacial score (nSPS) is 11.1. The number of hydrogen-bond donors (Lipinski definition) is 1. The SMILES string of the molecule is N#CCc1cc(F)c(CN)nc1OC(F)(F)F. The second kappa shape index (κ2) is 4.97. The van der Waals surface area contributed by atoms with Gasteiger partial charge < -0.3 is 10.5 Å². The highest BCUT2D eigenvalue weighted by Gasteiger charge is 2.33. The largest absolute Gasteiger partial charge is 0.574 e. The number of nitrogens with zero attached hydrogens (tertiary/aromatic N) is 2. The van der Waals surface area contributed by atoms with Gasteiger partial charge >= 0.3 is 6.36 Å². The van der Waals surface area contributed by atoms with Gasteiger partial charge in [0.2, 0.25) is 5.88 Å². The molecule has 4 nitrogen and oxygen atoms in total. The molecule has 17 heavy (non-hydrogen) atoms. The number of ether oxygens (including phenoxy) is 1. The van der Waals surface area contributed by atoms with Crippen molar-refractivity contribution < 1.29 is 22.3 Å². The molecule has 8 heteroatoms. The highest BCUT2D eigenvalue weighted by Crippen LogP contribution is 2.26. The lowest BCUT2D eigenvalue weighted by Crippen LogP contribution is -2.20.